The number of aliphatic hydroxyl groups excluding tert-OH is 2. The highest BCUT2D eigenvalue weighted by Gasteiger charge is 2.45. The van der Waals surface area contributed by atoms with Crippen LogP contribution in [0.4, 0.5) is 5.82 Å². The molecule has 0 spiro atoms. The molecule has 1 aliphatic heterocycles. The van der Waals surface area contributed by atoms with Crippen molar-refractivity contribution < 1.29 is 33.8 Å². The maximum atomic E-state index is 10.9. The molecule has 4 atom stereocenters. The van der Waals surface area contributed by atoms with Crippen LogP contribution in [-0.2, 0) is 13.8 Å². The number of rotatable bonds is 11. The van der Waals surface area contributed by atoms with Gasteiger partial charge in [-0.05, 0) is 12.8 Å². The van der Waals surface area contributed by atoms with Crippen molar-refractivity contribution in [3.63, 3.8) is 0 Å². The van der Waals surface area contributed by atoms with Gasteiger partial charge in [0.2, 0.25) is 0 Å². The summed E-state index contributed by atoms with van der Waals surface area (Å²) in [4.78, 5) is 30.6. The summed E-state index contributed by atoms with van der Waals surface area (Å²) in [5.74, 6) is 0.911. The number of fused-ring (bicyclic) bond motifs is 1. The van der Waals surface area contributed by atoms with Crippen LogP contribution in [0.3, 0.4) is 0 Å². The van der Waals surface area contributed by atoms with E-state index in [0.29, 0.717) is 22.7 Å². The standard InChI is InChI=1S/C17H25N6O7PS/c18-6-4-2-1-3-5-7-32-17-21-14(19)11-15(22-17)23(9-20-11)16-13(25)12(24)10(30-16)8-29-31(26,27)28/h9-10,12-13,16,24-25H,1-5,7-8H2,(H2,19,21,22)(H2,26,27,28)/t10-,12-,13-,16?/m1/s1. The number of nitrogens with zero attached hydrogens (tertiary/aromatic N) is 5. The largest absolute Gasteiger partial charge is 0.469 e. The second-order valence-electron chi connectivity index (χ2n) is 7.22. The number of nitrogen functional groups attached to an aromatic ring is 1. The lowest BCUT2D eigenvalue weighted by atomic mass is 10.1. The molecule has 2 aromatic rings. The van der Waals surface area contributed by atoms with E-state index in [1.165, 1.54) is 22.7 Å². The van der Waals surface area contributed by atoms with Gasteiger partial charge in [0.25, 0.3) is 0 Å². The lowest BCUT2D eigenvalue weighted by Crippen LogP contribution is -2.33. The first kappa shape index (κ1) is 24.8. The average Bonchev–Trinajstić information content (AvgIpc) is 3.27. The van der Waals surface area contributed by atoms with Crippen LogP contribution < -0.4 is 5.73 Å². The molecular formula is C17H25N6O7PS. The third-order valence-corrected chi connectivity index (χ3v) is 6.28. The number of phosphoric acid groups is 1. The van der Waals surface area contributed by atoms with Crippen molar-refractivity contribution in [1.29, 1.82) is 5.26 Å². The number of ether oxygens (including phenoxy) is 1. The molecule has 0 amide bonds. The van der Waals surface area contributed by atoms with E-state index < -0.39 is 39.0 Å². The number of hydrogen-bond acceptors (Lipinski definition) is 11. The van der Waals surface area contributed by atoms with Crippen LogP contribution >= 0.6 is 19.6 Å². The molecule has 1 unspecified atom stereocenters. The average molecular weight is 488 g/mol. The Morgan fingerprint density at radius 1 is 1.25 bits per heavy atom. The molecule has 6 N–H and O–H groups in total. The number of aromatic nitrogens is 4. The molecule has 2 aromatic heterocycles. The van der Waals surface area contributed by atoms with Crippen LogP contribution in [0.2, 0.25) is 0 Å². The number of anilines is 1. The van der Waals surface area contributed by atoms with E-state index >= 15 is 0 Å². The fraction of sp³-hybridized carbons (Fsp3) is 0.647. The Hall–Kier alpha value is -1.82. The number of imidazole rings is 1. The van der Waals surface area contributed by atoms with Crippen LogP contribution in [-0.4, -0.2) is 70.2 Å². The number of aliphatic hydroxyl groups is 2. The molecule has 3 rings (SSSR count). The van der Waals surface area contributed by atoms with E-state index in [2.05, 4.69) is 25.5 Å². The van der Waals surface area contributed by atoms with E-state index in [1.54, 1.807) is 0 Å². The number of thioether (sulfide) groups is 1. The minimum atomic E-state index is -4.76. The van der Waals surface area contributed by atoms with Crippen molar-refractivity contribution in [3.8, 4) is 6.07 Å². The first-order valence-corrected chi connectivity index (χ1v) is 12.4. The summed E-state index contributed by atoms with van der Waals surface area (Å²) >= 11 is 1.41. The molecule has 13 nitrogen and oxygen atoms in total. The molecule has 1 saturated heterocycles. The second-order valence-corrected chi connectivity index (χ2v) is 9.52. The maximum absolute atomic E-state index is 10.9. The highest BCUT2D eigenvalue weighted by Crippen LogP contribution is 2.39. The Labute approximate surface area is 187 Å². The second kappa shape index (κ2) is 10.9. The summed E-state index contributed by atoms with van der Waals surface area (Å²) in [6.45, 7) is -0.613. The van der Waals surface area contributed by atoms with Crippen molar-refractivity contribution in [3.05, 3.63) is 6.33 Å². The minimum absolute atomic E-state index is 0.152. The van der Waals surface area contributed by atoms with E-state index in [-0.39, 0.29) is 5.82 Å². The highest BCUT2D eigenvalue weighted by molar-refractivity contribution is 7.99. The van der Waals surface area contributed by atoms with Gasteiger partial charge < -0.3 is 30.5 Å². The monoisotopic (exact) mass is 488 g/mol. The van der Waals surface area contributed by atoms with Gasteiger partial charge in [-0.15, -0.1) is 0 Å². The van der Waals surface area contributed by atoms with Gasteiger partial charge in [-0.3, -0.25) is 9.09 Å². The topological polar surface area (TPSA) is 210 Å². The molecule has 0 bridgehead atoms. The Balaban J connectivity index is 1.69. The van der Waals surface area contributed by atoms with Gasteiger partial charge in [-0.25, -0.2) is 19.5 Å². The van der Waals surface area contributed by atoms with Crippen molar-refractivity contribution in [2.24, 2.45) is 0 Å². The van der Waals surface area contributed by atoms with Crippen LogP contribution in [0, 0.1) is 11.3 Å². The maximum Gasteiger partial charge on any atom is 0.469 e. The van der Waals surface area contributed by atoms with Crippen molar-refractivity contribution >= 4 is 36.6 Å². The van der Waals surface area contributed by atoms with Crippen molar-refractivity contribution in [2.75, 3.05) is 18.1 Å². The van der Waals surface area contributed by atoms with Crippen LogP contribution in [0.25, 0.3) is 11.2 Å². The molecule has 0 aliphatic carbocycles. The summed E-state index contributed by atoms with van der Waals surface area (Å²) in [6.07, 6.45) is 0.520. The lowest BCUT2D eigenvalue weighted by Gasteiger charge is -2.17. The van der Waals surface area contributed by atoms with Crippen molar-refractivity contribution in [1.82, 2.24) is 19.5 Å². The Kier molecular flexibility index (Phi) is 8.43. The van der Waals surface area contributed by atoms with Crippen molar-refractivity contribution in [2.45, 2.75) is 61.8 Å². The molecule has 3 heterocycles. The number of hydrogen-bond donors (Lipinski definition) is 5. The molecule has 32 heavy (non-hydrogen) atoms. The predicted octanol–water partition coefficient (Wildman–Crippen LogP) is 0.703. The van der Waals surface area contributed by atoms with E-state index in [0.717, 1.165) is 31.4 Å². The first-order chi connectivity index (χ1) is 15.2. The van der Waals surface area contributed by atoms with Gasteiger partial charge >= 0.3 is 7.82 Å². The van der Waals surface area contributed by atoms with E-state index in [4.69, 9.17) is 25.5 Å². The molecule has 0 aromatic carbocycles. The summed E-state index contributed by atoms with van der Waals surface area (Å²) in [6, 6.07) is 2.12. The number of nitrogens with two attached hydrogens (primary N) is 1. The van der Waals surface area contributed by atoms with Crippen LogP contribution in [0.1, 0.15) is 38.3 Å². The van der Waals surface area contributed by atoms with Gasteiger partial charge in [0.15, 0.2) is 22.8 Å². The minimum Gasteiger partial charge on any atom is -0.387 e. The lowest BCUT2D eigenvalue weighted by molar-refractivity contribution is -0.0504. The molecule has 15 heteroatoms. The third-order valence-electron chi connectivity index (χ3n) is 4.86. The normalized spacial score (nSPS) is 23.6. The molecule has 1 aliphatic rings. The Bertz CT molecular complexity index is 1010. The number of phosphoric ester groups is 1. The van der Waals surface area contributed by atoms with Gasteiger partial charge in [0.1, 0.15) is 23.8 Å². The molecular weight excluding hydrogens is 463 g/mol. The molecule has 0 saturated carbocycles. The van der Waals surface area contributed by atoms with Crippen LogP contribution in [0.5, 0.6) is 0 Å². The predicted molar refractivity (Wildman–Crippen MR) is 113 cm³/mol. The summed E-state index contributed by atoms with van der Waals surface area (Å²) < 4.78 is 22.3. The third kappa shape index (κ3) is 6.15. The smallest absolute Gasteiger partial charge is 0.387 e. The quantitative estimate of drug-likeness (QED) is 0.128. The van der Waals surface area contributed by atoms with Crippen LogP contribution in [0.15, 0.2) is 11.5 Å². The Morgan fingerprint density at radius 3 is 2.72 bits per heavy atom. The summed E-state index contributed by atoms with van der Waals surface area (Å²) in [7, 11) is -4.76. The van der Waals surface area contributed by atoms with E-state index in [1.807, 2.05) is 0 Å². The van der Waals surface area contributed by atoms with Gasteiger partial charge in [-0.1, -0.05) is 24.6 Å². The zero-order chi connectivity index (χ0) is 23.3. The summed E-state index contributed by atoms with van der Waals surface area (Å²) in [5.41, 5.74) is 6.60. The fourth-order valence-electron chi connectivity index (χ4n) is 3.26. The SMILES string of the molecule is N#CCCCCCCSc1nc(N)c2ncn(C3O[C@H](COP(=O)(O)O)[C@@H](O)[C@H]3O)c2n1. The number of nitriles is 1. The zero-order valence-corrected chi connectivity index (χ0v) is 18.7. The zero-order valence-electron chi connectivity index (χ0n) is 17.0. The van der Waals surface area contributed by atoms with Gasteiger partial charge in [0.05, 0.1) is 19.0 Å². The fourth-order valence-corrected chi connectivity index (χ4v) is 4.44. The molecule has 0 radical (unpaired) electrons. The van der Waals surface area contributed by atoms with Gasteiger partial charge in [0, 0.05) is 12.2 Å². The Morgan fingerprint density at radius 2 is 2.00 bits per heavy atom. The molecule has 1 fully saturated rings. The summed E-state index contributed by atoms with van der Waals surface area (Å²) in [5, 5.41) is 29.6. The number of unbranched alkanes of at least 4 members (excludes halogenated alkanes) is 4. The molecule has 176 valence electrons. The van der Waals surface area contributed by atoms with E-state index in [9.17, 15) is 14.8 Å². The van der Waals surface area contributed by atoms with Gasteiger partial charge in [-0.2, -0.15) is 5.26 Å². The highest BCUT2D eigenvalue weighted by atomic mass is 32.2. The first-order valence-electron chi connectivity index (χ1n) is 9.92.